The van der Waals surface area contributed by atoms with Crippen molar-refractivity contribution < 1.29 is 4.79 Å². The molecule has 8 heteroatoms. The number of benzene rings is 2. The number of halogens is 1. The molecule has 1 aromatic heterocycles. The van der Waals surface area contributed by atoms with Gasteiger partial charge in [-0.05, 0) is 41.7 Å². The second-order valence-electron chi connectivity index (χ2n) is 7.80. The number of nitrogens with one attached hydrogen (secondary N) is 1. The van der Waals surface area contributed by atoms with E-state index in [2.05, 4.69) is 64.3 Å². The minimum absolute atomic E-state index is 0.0798. The fraction of sp³-hybridized carbons (Fsp3) is 0.286. The number of aryl methyl sites for hydroxylation is 1. The maximum atomic E-state index is 12.3. The van der Waals surface area contributed by atoms with Crippen molar-refractivity contribution in [3.8, 4) is 11.4 Å². The molecule has 29 heavy (non-hydrogen) atoms. The number of thioether (sulfide) groups is 1. The standard InChI is InChI=1S/C21H24BrN5OS/c1-13-11-16(22)9-10-17(13)24-18(28)12-29-20-26-25-19(27(20)23)14-5-7-15(8-6-14)21(2,3)4/h5-11H,12,23H2,1-4H3,(H,24,28). The number of nitrogen functional groups attached to an aromatic ring is 1. The lowest BCUT2D eigenvalue weighted by Crippen LogP contribution is -2.17. The molecular weight excluding hydrogens is 450 g/mol. The number of nitrogens with zero attached hydrogens (tertiary/aromatic N) is 3. The third kappa shape index (κ3) is 5.19. The molecule has 0 atom stereocenters. The summed E-state index contributed by atoms with van der Waals surface area (Å²) in [6.07, 6.45) is 0. The van der Waals surface area contributed by atoms with Crippen LogP contribution in [0.4, 0.5) is 5.69 Å². The molecule has 0 aliphatic heterocycles. The van der Waals surface area contributed by atoms with Gasteiger partial charge in [0, 0.05) is 15.7 Å². The maximum Gasteiger partial charge on any atom is 0.234 e. The van der Waals surface area contributed by atoms with Gasteiger partial charge in [-0.3, -0.25) is 4.79 Å². The van der Waals surface area contributed by atoms with Gasteiger partial charge in [0.1, 0.15) is 0 Å². The predicted octanol–water partition coefficient (Wildman–Crippen LogP) is 4.76. The number of amides is 1. The number of aromatic nitrogens is 3. The van der Waals surface area contributed by atoms with Crippen LogP contribution in [0.15, 0.2) is 52.1 Å². The Morgan fingerprint density at radius 2 is 1.86 bits per heavy atom. The van der Waals surface area contributed by atoms with Crippen LogP contribution < -0.4 is 11.2 Å². The van der Waals surface area contributed by atoms with Gasteiger partial charge in [0.2, 0.25) is 11.1 Å². The average molecular weight is 474 g/mol. The average Bonchev–Trinajstić information content (AvgIpc) is 3.02. The Bertz CT molecular complexity index is 1020. The van der Waals surface area contributed by atoms with Gasteiger partial charge >= 0.3 is 0 Å². The first kappa shape index (κ1) is 21.4. The summed E-state index contributed by atoms with van der Waals surface area (Å²) < 4.78 is 2.40. The van der Waals surface area contributed by atoms with E-state index in [1.807, 2.05) is 37.3 Å². The Morgan fingerprint density at radius 1 is 1.17 bits per heavy atom. The molecule has 3 aromatic rings. The molecule has 0 saturated heterocycles. The summed E-state index contributed by atoms with van der Waals surface area (Å²) >= 11 is 4.67. The molecule has 2 aromatic carbocycles. The molecular formula is C21H24BrN5OS. The normalized spacial score (nSPS) is 11.5. The van der Waals surface area contributed by atoms with Crippen molar-refractivity contribution in [2.75, 3.05) is 16.9 Å². The lowest BCUT2D eigenvalue weighted by Gasteiger charge is -2.19. The van der Waals surface area contributed by atoms with Crippen LogP contribution in [0.1, 0.15) is 31.9 Å². The quantitative estimate of drug-likeness (QED) is 0.412. The van der Waals surface area contributed by atoms with E-state index in [1.165, 1.54) is 22.0 Å². The van der Waals surface area contributed by atoms with Crippen molar-refractivity contribution >= 4 is 39.3 Å². The summed E-state index contributed by atoms with van der Waals surface area (Å²) in [6.45, 7) is 8.45. The van der Waals surface area contributed by atoms with Gasteiger partial charge in [0.15, 0.2) is 5.82 Å². The van der Waals surface area contributed by atoms with Crippen LogP contribution in [-0.4, -0.2) is 26.5 Å². The van der Waals surface area contributed by atoms with Crippen molar-refractivity contribution in [1.82, 2.24) is 14.9 Å². The number of anilines is 1. The molecule has 0 aliphatic carbocycles. The largest absolute Gasteiger partial charge is 0.335 e. The molecule has 0 unspecified atom stereocenters. The minimum atomic E-state index is -0.125. The molecule has 3 rings (SSSR count). The smallest absolute Gasteiger partial charge is 0.234 e. The molecule has 0 aliphatic rings. The van der Waals surface area contributed by atoms with Crippen LogP contribution in [0, 0.1) is 6.92 Å². The first-order chi connectivity index (χ1) is 13.6. The zero-order chi connectivity index (χ0) is 21.2. The summed E-state index contributed by atoms with van der Waals surface area (Å²) in [7, 11) is 0. The zero-order valence-corrected chi connectivity index (χ0v) is 19.3. The predicted molar refractivity (Wildman–Crippen MR) is 123 cm³/mol. The summed E-state index contributed by atoms with van der Waals surface area (Å²) in [6, 6.07) is 13.8. The monoisotopic (exact) mass is 473 g/mol. The van der Waals surface area contributed by atoms with Gasteiger partial charge < -0.3 is 11.2 Å². The van der Waals surface area contributed by atoms with Gasteiger partial charge in [-0.1, -0.05) is 72.7 Å². The Balaban J connectivity index is 1.66. The fourth-order valence-electron chi connectivity index (χ4n) is 2.78. The number of hydrogen-bond acceptors (Lipinski definition) is 5. The highest BCUT2D eigenvalue weighted by Crippen LogP contribution is 2.27. The van der Waals surface area contributed by atoms with Crippen LogP contribution in [-0.2, 0) is 10.2 Å². The van der Waals surface area contributed by atoms with E-state index >= 15 is 0 Å². The molecule has 0 spiro atoms. The lowest BCUT2D eigenvalue weighted by atomic mass is 9.87. The summed E-state index contributed by atoms with van der Waals surface area (Å²) in [4.78, 5) is 12.3. The van der Waals surface area contributed by atoms with E-state index in [0.29, 0.717) is 11.0 Å². The molecule has 1 heterocycles. The lowest BCUT2D eigenvalue weighted by molar-refractivity contribution is -0.113. The summed E-state index contributed by atoms with van der Waals surface area (Å²) in [5, 5.41) is 11.7. The van der Waals surface area contributed by atoms with Gasteiger partial charge in [-0.15, -0.1) is 10.2 Å². The minimum Gasteiger partial charge on any atom is -0.335 e. The Labute approximate surface area is 183 Å². The van der Waals surface area contributed by atoms with Crippen LogP contribution >= 0.6 is 27.7 Å². The number of hydrogen-bond donors (Lipinski definition) is 2. The van der Waals surface area contributed by atoms with Crippen LogP contribution in [0.25, 0.3) is 11.4 Å². The molecule has 152 valence electrons. The topological polar surface area (TPSA) is 85.8 Å². The van der Waals surface area contributed by atoms with Crippen molar-refractivity contribution in [2.45, 2.75) is 38.3 Å². The van der Waals surface area contributed by atoms with E-state index in [-0.39, 0.29) is 17.1 Å². The van der Waals surface area contributed by atoms with E-state index in [9.17, 15) is 4.79 Å². The number of nitrogens with two attached hydrogens (primary N) is 1. The number of carbonyl (C=O) groups excluding carboxylic acids is 1. The number of rotatable bonds is 5. The second-order valence-corrected chi connectivity index (χ2v) is 9.66. The van der Waals surface area contributed by atoms with E-state index in [4.69, 9.17) is 5.84 Å². The van der Waals surface area contributed by atoms with Gasteiger partial charge in [0.25, 0.3) is 0 Å². The second kappa shape index (κ2) is 8.59. The van der Waals surface area contributed by atoms with E-state index < -0.39 is 0 Å². The highest BCUT2D eigenvalue weighted by Gasteiger charge is 2.17. The molecule has 1 amide bonds. The van der Waals surface area contributed by atoms with Crippen molar-refractivity contribution in [2.24, 2.45) is 0 Å². The maximum absolute atomic E-state index is 12.3. The van der Waals surface area contributed by atoms with Crippen molar-refractivity contribution in [1.29, 1.82) is 0 Å². The number of carbonyl (C=O) groups is 1. The third-order valence-electron chi connectivity index (χ3n) is 4.47. The van der Waals surface area contributed by atoms with E-state index in [1.54, 1.807) is 0 Å². The Morgan fingerprint density at radius 3 is 2.48 bits per heavy atom. The first-order valence-corrected chi connectivity index (χ1v) is 10.9. The Hall–Kier alpha value is -2.32. The van der Waals surface area contributed by atoms with Crippen LogP contribution in [0.5, 0.6) is 0 Å². The summed E-state index contributed by atoms with van der Waals surface area (Å²) in [5.41, 5.74) is 3.97. The molecule has 0 bridgehead atoms. The van der Waals surface area contributed by atoms with Crippen LogP contribution in [0.3, 0.4) is 0 Å². The summed E-state index contributed by atoms with van der Waals surface area (Å²) in [5.74, 6) is 6.80. The highest BCUT2D eigenvalue weighted by atomic mass is 79.9. The molecule has 0 saturated carbocycles. The highest BCUT2D eigenvalue weighted by molar-refractivity contribution is 9.10. The Kier molecular flexibility index (Phi) is 6.33. The van der Waals surface area contributed by atoms with Gasteiger partial charge in [0.05, 0.1) is 5.75 Å². The third-order valence-corrected chi connectivity index (χ3v) is 5.90. The fourth-order valence-corrected chi connectivity index (χ4v) is 3.91. The molecule has 0 fully saturated rings. The molecule has 6 nitrogen and oxygen atoms in total. The SMILES string of the molecule is Cc1cc(Br)ccc1NC(=O)CSc1nnc(-c2ccc(C(C)(C)C)cc2)n1N. The molecule has 3 N–H and O–H groups in total. The van der Waals surface area contributed by atoms with Crippen molar-refractivity contribution in [3.05, 3.63) is 58.1 Å². The van der Waals surface area contributed by atoms with E-state index in [0.717, 1.165) is 21.3 Å². The van der Waals surface area contributed by atoms with Gasteiger partial charge in [-0.25, -0.2) is 4.68 Å². The zero-order valence-electron chi connectivity index (χ0n) is 16.9. The molecule has 0 radical (unpaired) electrons. The van der Waals surface area contributed by atoms with Crippen LogP contribution in [0.2, 0.25) is 0 Å². The van der Waals surface area contributed by atoms with Crippen molar-refractivity contribution in [3.63, 3.8) is 0 Å². The van der Waals surface area contributed by atoms with Gasteiger partial charge in [-0.2, -0.15) is 0 Å². The first-order valence-electron chi connectivity index (χ1n) is 9.15.